The van der Waals surface area contributed by atoms with Crippen molar-refractivity contribution in [2.24, 2.45) is 0 Å². The first-order valence-electron chi connectivity index (χ1n) is 8.52. The average Bonchev–Trinajstić information content (AvgIpc) is 3.05. The molecule has 0 spiro atoms. The van der Waals surface area contributed by atoms with E-state index in [2.05, 4.69) is 10.4 Å². The lowest BCUT2D eigenvalue weighted by atomic mass is 10.2. The van der Waals surface area contributed by atoms with Crippen molar-refractivity contribution in [1.29, 1.82) is 5.26 Å². The van der Waals surface area contributed by atoms with E-state index in [0.717, 1.165) is 37.5 Å². The molecule has 10 heteroatoms. The second-order valence-corrected chi connectivity index (χ2v) is 6.28. The SMILES string of the molecule is CCCCCOC(=O)CNc1c(C#N)cnn1-c1ccc(C(F)(F)F)cc1Cl. The first-order chi connectivity index (χ1) is 13.3. The maximum atomic E-state index is 12.8. The van der Waals surface area contributed by atoms with E-state index >= 15 is 0 Å². The third-order valence-corrected chi connectivity index (χ3v) is 4.11. The summed E-state index contributed by atoms with van der Waals surface area (Å²) in [6.45, 7) is 2.09. The molecule has 2 aromatic rings. The molecule has 6 nitrogen and oxygen atoms in total. The highest BCUT2D eigenvalue weighted by atomic mass is 35.5. The van der Waals surface area contributed by atoms with Gasteiger partial charge in [0.2, 0.25) is 0 Å². The van der Waals surface area contributed by atoms with Gasteiger partial charge in [-0.1, -0.05) is 31.4 Å². The zero-order valence-corrected chi connectivity index (χ0v) is 15.8. The molecule has 0 bridgehead atoms. The molecule has 2 rings (SSSR count). The van der Waals surface area contributed by atoms with E-state index in [1.54, 1.807) is 0 Å². The number of unbranched alkanes of at least 4 members (excludes halogenated alkanes) is 2. The number of nitriles is 1. The highest BCUT2D eigenvalue weighted by molar-refractivity contribution is 6.32. The lowest BCUT2D eigenvalue weighted by Gasteiger charge is -2.13. The highest BCUT2D eigenvalue weighted by Crippen LogP contribution is 2.34. The standard InChI is InChI=1S/C18H18ClF3N4O2/c1-2-3-4-7-28-16(27)11-24-17-12(9-23)10-25-26(17)15-6-5-13(8-14(15)19)18(20,21)22/h5-6,8,10,24H,2-4,7,11H2,1H3. The van der Waals surface area contributed by atoms with Crippen LogP contribution in [-0.2, 0) is 15.7 Å². The van der Waals surface area contributed by atoms with Gasteiger partial charge < -0.3 is 10.1 Å². The number of nitrogens with zero attached hydrogens (tertiary/aromatic N) is 3. The molecule has 0 saturated heterocycles. The van der Waals surface area contributed by atoms with Crippen molar-refractivity contribution in [3.05, 3.63) is 40.5 Å². The van der Waals surface area contributed by atoms with Crippen LogP contribution in [0.4, 0.5) is 19.0 Å². The fraction of sp³-hybridized carbons (Fsp3) is 0.389. The van der Waals surface area contributed by atoms with Crippen molar-refractivity contribution in [2.75, 3.05) is 18.5 Å². The predicted molar refractivity (Wildman–Crippen MR) is 97.3 cm³/mol. The van der Waals surface area contributed by atoms with Gasteiger partial charge in [0.25, 0.3) is 0 Å². The molecular formula is C18H18ClF3N4O2. The Hall–Kier alpha value is -2.73. The molecule has 0 aliphatic rings. The van der Waals surface area contributed by atoms with Gasteiger partial charge in [0.1, 0.15) is 24.0 Å². The molecule has 0 saturated carbocycles. The quantitative estimate of drug-likeness (QED) is 0.506. The average molecular weight is 415 g/mol. The van der Waals surface area contributed by atoms with Crippen molar-refractivity contribution in [2.45, 2.75) is 32.4 Å². The molecule has 0 amide bonds. The van der Waals surface area contributed by atoms with E-state index < -0.39 is 17.7 Å². The Morgan fingerprint density at radius 1 is 1.39 bits per heavy atom. The molecule has 1 aromatic carbocycles. The summed E-state index contributed by atoms with van der Waals surface area (Å²) in [5.41, 5.74) is -0.663. The molecule has 0 atom stereocenters. The zero-order chi connectivity index (χ0) is 20.7. The summed E-state index contributed by atoms with van der Waals surface area (Å²) >= 11 is 5.99. The Balaban J connectivity index is 2.19. The summed E-state index contributed by atoms with van der Waals surface area (Å²) in [7, 11) is 0. The van der Waals surface area contributed by atoms with E-state index in [9.17, 15) is 23.2 Å². The Morgan fingerprint density at radius 2 is 2.14 bits per heavy atom. The summed E-state index contributed by atoms with van der Waals surface area (Å²) in [6, 6.07) is 4.69. The van der Waals surface area contributed by atoms with E-state index in [1.807, 2.05) is 13.0 Å². The number of ether oxygens (including phenoxy) is 1. The number of nitrogens with one attached hydrogen (secondary N) is 1. The Kier molecular flexibility index (Phi) is 7.29. The van der Waals surface area contributed by atoms with Gasteiger partial charge in [-0.05, 0) is 24.6 Å². The number of aromatic nitrogens is 2. The monoisotopic (exact) mass is 414 g/mol. The van der Waals surface area contributed by atoms with Crippen LogP contribution in [0.2, 0.25) is 5.02 Å². The van der Waals surface area contributed by atoms with Crippen molar-refractivity contribution in [1.82, 2.24) is 9.78 Å². The molecule has 0 fully saturated rings. The molecule has 0 radical (unpaired) electrons. The predicted octanol–water partition coefficient (Wildman–Crippen LogP) is 4.56. The largest absolute Gasteiger partial charge is 0.464 e. The molecule has 0 aliphatic heterocycles. The first kappa shape index (κ1) is 21.6. The smallest absolute Gasteiger partial charge is 0.416 e. The summed E-state index contributed by atoms with van der Waals surface area (Å²) in [4.78, 5) is 11.8. The van der Waals surface area contributed by atoms with Gasteiger partial charge in [0.05, 0.1) is 29.1 Å². The highest BCUT2D eigenvalue weighted by Gasteiger charge is 2.31. The van der Waals surface area contributed by atoms with E-state index in [-0.39, 0.29) is 28.6 Å². The molecule has 28 heavy (non-hydrogen) atoms. The molecular weight excluding hydrogens is 397 g/mol. The number of anilines is 1. The van der Waals surface area contributed by atoms with Crippen molar-refractivity contribution in [3.63, 3.8) is 0 Å². The first-order valence-corrected chi connectivity index (χ1v) is 8.90. The van der Waals surface area contributed by atoms with Crippen LogP contribution < -0.4 is 5.32 Å². The number of carbonyl (C=O) groups excluding carboxylic acids is 1. The number of carbonyl (C=O) groups is 1. The Bertz CT molecular complexity index is 875. The van der Waals surface area contributed by atoms with E-state index in [4.69, 9.17) is 16.3 Å². The second kappa shape index (κ2) is 9.46. The Morgan fingerprint density at radius 3 is 2.75 bits per heavy atom. The van der Waals surface area contributed by atoms with Gasteiger partial charge in [-0.3, -0.25) is 4.79 Å². The molecule has 0 aliphatic carbocycles. The van der Waals surface area contributed by atoms with Crippen LogP contribution in [0, 0.1) is 11.3 Å². The van der Waals surface area contributed by atoms with Crippen LogP contribution in [0.15, 0.2) is 24.4 Å². The number of halogens is 4. The van der Waals surface area contributed by atoms with E-state index in [1.165, 1.54) is 10.9 Å². The van der Waals surface area contributed by atoms with Crippen LogP contribution in [0.25, 0.3) is 5.69 Å². The summed E-state index contributed by atoms with van der Waals surface area (Å²) < 4.78 is 44.7. The lowest BCUT2D eigenvalue weighted by molar-refractivity contribution is -0.141. The van der Waals surface area contributed by atoms with E-state index in [0.29, 0.717) is 6.61 Å². The minimum Gasteiger partial charge on any atom is -0.464 e. The normalized spacial score (nSPS) is 11.1. The second-order valence-electron chi connectivity index (χ2n) is 5.88. The minimum absolute atomic E-state index is 0.106. The summed E-state index contributed by atoms with van der Waals surface area (Å²) in [5.74, 6) is -0.388. The van der Waals surface area contributed by atoms with Crippen LogP contribution in [0.3, 0.4) is 0 Å². The summed E-state index contributed by atoms with van der Waals surface area (Å²) in [5, 5.41) is 15.8. The third-order valence-electron chi connectivity index (χ3n) is 3.80. The van der Waals surface area contributed by atoms with Gasteiger partial charge in [0, 0.05) is 0 Å². The number of hydrogen-bond acceptors (Lipinski definition) is 5. The topological polar surface area (TPSA) is 79.9 Å². The van der Waals surface area contributed by atoms with Crippen LogP contribution >= 0.6 is 11.6 Å². The number of esters is 1. The number of alkyl halides is 3. The van der Waals surface area contributed by atoms with Crippen LogP contribution in [0.5, 0.6) is 0 Å². The van der Waals surface area contributed by atoms with Gasteiger partial charge in [-0.25, -0.2) is 4.68 Å². The third kappa shape index (κ3) is 5.39. The van der Waals surface area contributed by atoms with Gasteiger partial charge in [0.15, 0.2) is 0 Å². The number of rotatable bonds is 8. The minimum atomic E-state index is -4.54. The molecule has 1 aromatic heterocycles. The maximum Gasteiger partial charge on any atom is 0.416 e. The molecule has 0 unspecified atom stereocenters. The summed E-state index contributed by atoms with van der Waals surface area (Å²) in [6.07, 6.45) is -0.618. The molecule has 150 valence electrons. The van der Waals surface area contributed by atoms with Crippen molar-refractivity contribution >= 4 is 23.4 Å². The lowest BCUT2D eigenvalue weighted by Crippen LogP contribution is -2.19. The fourth-order valence-electron chi connectivity index (χ4n) is 2.38. The van der Waals surface area contributed by atoms with Crippen molar-refractivity contribution < 1.29 is 22.7 Å². The zero-order valence-electron chi connectivity index (χ0n) is 15.0. The molecule has 1 N–H and O–H groups in total. The Labute approximate surface area is 164 Å². The van der Waals surface area contributed by atoms with Gasteiger partial charge in [-0.2, -0.15) is 23.5 Å². The van der Waals surface area contributed by atoms with Gasteiger partial charge >= 0.3 is 12.1 Å². The molecule has 1 heterocycles. The maximum absolute atomic E-state index is 12.8. The van der Waals surface area contributed by atoms with Gasteiger partial charge in [-0.15, -0.1) is 0 Å². The van der Waals surface area contributed by atoms with Crippen molar-refractivity contribution in [3.8, 4) is 11.8 Å². The number of benzene rings is 1. The fourth-order valence-corrected chi connectivity index (χ4v) is 2.64. The number of hydrogen-bond donors (Lipinski definition) is 1. The van der Waals surface area contributed by atoms with Crippen LogP contribution in [-0.4, -0.2) is 28.9 Å². The van der Waals surface area contributed by atoms with Crippen LogP contribution in [0.1, 0.15) is 37.3 Å².